The predicted octanol–water partition coefficient (Wildman–Crippen LogP) is -0.791. The van der Waals surface area contributed by atoms with Gasteiger partial charge in [0.15, 0.2) is 0 Å². The van der Waals surface area contributed by atoms with Gasteiger partial charge in [-0.05, 0) is 0 Å². The molecule has 0 aromatic carbocycles. The van der Waals surface area contributed by atoms with Gasteiger partial charge in [0, 0.05) is 26.4 Å². The van der Waals surface area contributed by atoms with Crippen molar-refractivity contribution in [1.82, 2.24) is 10.2 Å². The van der Waals surface area contributed by atoms with E-state index in [-0.39, 0.29) is 12.2 Å². The maximum atomic E-state index is 11.7. The van der Waals surface area contributed by atoms with Crippen LogP contribution in [0.2, 0.25) is 0 Å². The Bertz CT molecular complexity index is 383. The molecule has 0 bridgehead atoms. The van der Waals surface area contributed by atoms with Crippen LogP contribution in [0.5, 0.6) is 0 Å². The lowest BCUT2D eigenvalue weighted by molar-refractivity contribution is -0.131. The van der Waals surface area contributed by atoms with Gasteiger partial charge in [0.05, 0.1) is 13.1 Å². The molecule has 0 spiro atoms. The third-order valence-electron chi connectivity index (χ3n) is 2.72. The number of amides is 3. The molecule has 8 nitrogen and oxygen atoms in total. The van der Waals surface area contributed by atoms with E-state index >= 15 is 0 Å². The van der Waals surface area contributed by atoms with Crippen molar-refractivity contribution in [2.75, 3.05) is 27.3 Å². The van der Waals surface area contributed by atoms with Crippen molar-refractivity contribution in [3.8, 4) is 0 Å². The van der Waals surface area contributed by atoms with Gasteiger partial charge in [0.2, 0.25) is 0 Å². The van der Waals surface area contributed by atoms with Crippen molar-refractivity contribution in [1.29, 1.82) is 0 Å². The van der Waals surface area contributed by atoms with E-state index in [0.29, 0.717) is 19.2 Å². The van der Waals surface area contributed by atoms with Crippen molar-refractivity contribution in [3.63, 3.8) is 0 Å². The first-order valence-corrected chi connectivity index (χ1v) is 5.54. The number of nitrogens with zero attached hydrogens (tertiary/aromatic N) is 1. The van der Waals surface area contributed by atoms with E-state index in [2.05, 4.69) is 5.32 Å². The number of imide groups is 1. The van der Waals surface area contributed by atoms with Crippen molar-refractivity contribution in [2.45, 2.75) is 12.2 Å². The molecule has 0 saturated carbocycles. The van der Waals surface area contributed by atoms with Crippen molar-refractivity contribution in [2.24, 2.45) is 0 Å². The van der Waals surface area contributed by atoms with Crippen LogP contribution in [0.15, 0.2) is 12.2 Å². The van der Waals surface area contributed by atoms with Crippen LogP contribution >= 0.6 is 0 Å². The molecule has 2 atom stereocenters. The molecular formula is C11H16N2O6. The highest BCUT2D eigenvalue weighted by Gasteiger charge is 2.35. The Labute approximate surface area is 110 Å². The van der Waals surface area contributed by atoms with Crippen LogP contribution in [-0.2, 0) is 19.1 Å². The molecule has 106 valence electrons. The quantitative estimate of drug-likeness (QED) is 0.650. The number of carboxylic acid groups (broad SMARTS) is 1. The Kier molecular flexibility index (Phi) is 5.46. The molecule has 3 amide bonds. The lowest BCUT2D eigenvalue weighted by atomic mass is 10.3. The molecule has 1 aliphatic heterocycles. The number of rotatable bonds is 4. The Morgan fingerprint density at radius 3 is 2.11 bits per heavy atom. The number of aliphatic carboxylic acids is 1. The summed E-state index contributed by atoms with van der Waals surface area (Å²) < 4.78 is 10.3. The molecule has 1 aliphatic rings. The van der Waals surface area contributed by atoms with Crippen molar-refractivity contribution >= 4 is 17.9 Å². The number of ether oxygens (including phenoxy) is 2. The average molecular weight is 272 g/mol. The summed E-state index contributed by atoms with van der Waals surface area (Å²) >= 11 is 0. The zero-order valence-corrected chi connectivity index (χ0v) is 10.7. The van der Waals surface area contributed by atoms with Gasteiger partial charge in [0.1, 0.15) is 12.2 Å². The number of urea groups is 1. The maximum Gasteiger partial charge on any atom is 0.328 e. The molecule has 0 aromatic rings. The molecule has 2 N–H and O–H groups in total. The van der Waals surface area contributed by atoms with Crippen LogP contribution < -0.4 is 5.32 Å². The SMILES string of the molecule is COC1CN(C(=O)NC(=O)/C=C/C(=O)O)CC1OC. The summed E-state index contributed by atoms with van der Waals surface area (Å²) in [5.74, 6) is -2.05. The first-order valence-electron chi connectivity index (χ1n) is 5.54. The summed E-state index contributed by atoms with van der Waals surface area (Å²) in [4.78, 5) is 34.6. The summed E-state index contributed by atoms with van der Waals surface area (Å²) in [7, 11) is 3.03. The fraction of sp³-hybridized carbons (Fsp3) is 0.545. The summed E-state index contributed by atoms with van der Waals surface area (Å²) in [6, 6.07) is -0.610. The van der Waals surface area contributed by atoms with Crippen LogP contribution in [0.1, 0.15) is 0 Å². The number of carbonyl (C=O) groups excluding carboxylic acids is 2. The topological polar surface area (TPSA) is 105 Å². The van der Waals surface area contributed by atoms with Crippen LogP contribution in [0.4, 0.5) is 4.79 Å². The number of carbonyl (C=O) groups is 3. The lowest BCUT2D eigenvalue weighted by Gasteiger charge is -2.15. The minimum atomic E-state index is -1.26. The smallest absolute Gasteiger partial charge is 0.328 e. The second-order valence-electron chi connectivity index (χ2n) is 3.92. The van der Waals surface area contributed by atoms with Gasteiger partial charge in [-0.3, -0.25) is 10.1 Å². The Morgan fingerprint density at radius 1 is 1.16 bits per heavy atom. The molecular weight excluding hydrogens is 256 g/mol. The van der Waals surface area contributed by atoms with Gasteiger partial charge < -0.3 is 19.5 Å². The molecule has 1 heterocycles. The van der Waals surface area contributed by atoms with E-state index in [4.69, 9.17) is 14.6 Å². The molecule has 1 rings (SSSR count). The van der Waals surface area contributed by atoms with Gasteiger partial charge >= 0.3 is 12.0 Å². The van der Waals surface area contributed by atoms with E-state index < -0.39 is 17.9 Å². The maximum absolute atomic E-state index is 11.7. The molecule has 1 saturated heterocycles. The first kappa shape index (κ1) is 15.1. The number of likely N-dealkylation sites (tertiary alicyclic amines) is 1. The largest absolute Gasteiger partial charge is 0.478 e. The van der Waals surface area contributed by atoms with Crippen LogP contribution in [-0.4, -0.2) is 67.4 Å². The summed E-state index contributed by atoms with van der Waals surface area (Å²) in [5, 5.41) is 10.4. The molecule has 0 aliphatic carbocycles. The second-order valence-corrected chi connectivity index (χ2v) is 3.92. The average Bonchev–Trinajstić information content (AvgIpc) is 2.79. The number of methoxy groups -OCH3 is 2. The Balaban J connectivity index is 2.51. The van der Waals surface area contributed by atoms with E-state index in [0.717, 1.165) is 6.08 Å². The minimum Gasteiger partial charge on any atom is -0.478 e. The fourth-order valence-corrected chi connectivity index (χ4v) is 1.74. The number of carboxylic acids is 1. The first-order chi connectivity index (χ1) is 8.97. The van der Waals surface area contributed by atoms with E-state index in [1.165, 1.54) is 19.1 Å². The summed E-state index contributed by atoms with van der Waals surface area (Å²) in [5.41, 5.74) is 0. The number of hydrogen-bond acceptors (Lipinski definition) is 5. The van der Waals surface area contributed by atoms with Crippen molar-refractivity contribution < 1.29 is 29.0 Å². The predicted molar refractivity (Wildman–Crippen MR) is 63.5 cm³/mol. The Morgan fingerprint density at radius 2 is 1.68 bits per heavy atom. The lowest BCUT2D eigenvalue weighted by Crippen LogP contribution is -2.41. The highest BCUT2D eigenvalue weighted by molar-refractivity contribution is 6.02. The normalized spacial score (nSPS) is 22.7. The van der Waals surface area contributed by atoms with Crippen LogP contribution in [0.3, 0.4) is 0 Å². The van der Waals surface area contributed by atoms with Gasteiger partial charge in [-0.25, -0.2) is 9.59 Å². The fourth-order valence-electron chi connectivity index (χ4n) is 1.74. The molecule has 19 heavy (non-hydrogen) atoms. The van der Waals surface area contributed by atoms with Crippen molar-refractivity contribution in [3.05, 3.63) is 12.2 Å². The Hall–Kier alpha value is -1.93. The van der Waals surface area contributed by atoms with E-state index in [1.807, 2.05) is 0 Å². The van der Waals surface area contributed by atoms with Crippen LogP contribution in [0.25, 0.3) is 0 Å². The summed E-state index contributed by atoms with van der Waals surface area (Å²) in [6.07, 6.45) is 0.932. The third-order valence-corrected chi connectivity index (χ3v) is 2.72. The molecule has 2 unspecified atom stereocenters. The highest BCUT2D eigenvalue weighted by Crippen LogP contribution is 2.15. The van der Waals surface area contributed by atoms with Gasteiger partial charge in [-0.2, -0.15) is 0 Å². The van der Waals surface area contributed by atoms with E-state index in [9.17, 15) is 14.4 Å². The minimum absolute atomic E-state index is 0.250. The number of hydrogen-bond donors (Lipinski definition) is 2. The highest BCUT2D eigenvalue weighted by atomic mass is 16.5. The molecule has 0 radical (unpaired) electrons. The zero-order chi connectivity index (χ0) is 14.4. The molecule has 1 fully saturated rings. The van der Waals surface area contributed by atoms with Gasteiger partial charge in [-0.1, -0.05) is 0 Å². The second kappa shape index (κ2) is 6.86. The molecule has 0 aromatic heterocycles. The molecule has 8 heteroatoms. The summed E-state index contributed by atoms with van der Waals surface area (Å²) in [6.45, 7) is 0.605. The monoisotopic (exact) mass is 272 g/mol. The zero-order valence-electron chi connectivity index (χ0n) is 10.7. The standard InChI is InChI=1S/C11H16N2O6/c1-18-7-5-13(6-8(7)19-2)11(17)12-9(14)3-4-10(15)16/h3-4,7-8H,5-6H2,1-2H3,(H,15,16)(H,12,14,17)/b4-3+. The van der Waals surface area contributed by atoms with Gasteiger partial charge in [0.25, 0.3) is 5.91 Å². The third kappa shape index (κ3) is 4.34. The number of nitrogens with one attached hydrogen (secondary N) is 1. The van der Waals surface area contributed by atoms with Crippen LogP contribution in [0, 0.1) is 0 Å². The van der Waals surface area contributed by atoms with E-state index in [1.54, 1.807) is 0 Å². The van der Waals surface area contributed by atoms with Gasteiger partial charge in [-0.15, -0.1) is 0 Å².